The van der Waals surface area contributed by atoms with Crippen LogP contribution >= 0.6 is 0 Å². The van der Waals surface area contributed by atoms with Crippen molar-refractivity contribution in [1.82, 2.24) is 0 Å². The molecule has 1 aliphatic carbocycles. The molecule has 1 heterocycles. The number of hydrogen-bond donors (Lipinski definition) is 1. The first-order valence-electron chi connectivity index (χ1n) is 4.17. The van der Waals surface area contributed by atoms with Gasteiger partial charge in [0.25, 0.3) is 0 Å². The Morgan fingerprint density at radius 1 is 1.45 bits per heavy atom. The number of ether oxygens (including phenoxy) is 2. The van der Waals surface area contributed by atoms with Crippen LogP contribution in [0.2, 0.25) is 0 Å². The average molecular weight is 157 g/mol. The maximum Gasteiger partial charge on any atom is 0.0802 e. The number of hydrogen-bond acceptors (Lipinski definition) is 3. The summed E-state index contributed by atoms with van der Waals surface area (Å²) in [5, 5.41) is 0. The Bertz CT molecular complexity index is 154. The second-order valence-electron chi connectivity index (χ2n) is 3.53. The summed E-state index contributed by atoms with van der Waals surface area (Å²) in [4.78, 5) is 0. The summed E-state index contributed by atoms with van der Waals surface area (Å²) in [6.45, 7) is 1.71. The van der Waals surface area contributed by atoms with Gasteiger partial charge in [-0.2, -0.15) is 0 Å². The third-order valence-electron chi connectivity index (χ3n) is 3.13. The molecule has 2 atom stereocenters. The largest absolute Gasteiger partial charge is 0.381 e. The SMILES string of the molecule is CO[C@H]1[C@H](N)C12CCOCC2. The summed E-state index contributed by atoms with van der Waals surface area (Å²) in [5.74, 6) is 0. The Labute approximate surface area is 66.8 Å². The van der Waals surface area contributed by atoms with Crippen LogP contribution in [0.1, 0.15) is 12.8 Å². The van der Waals surface area contributed by atoms with Gasteiger partial charge in [0.15, 0.2) is 0 Å². The summed E-state index contributed by atoms with van der Waals surface area (Å²) in [6.07, 6.45) is 2.45. The summed E-state index contributed by atoms with van der Waals surface area (Å²) < 4.78 is 10.6. The molecular weight excluding hydrogens is 142 g/mol. The Kier molecular flexibility index (Phi) is 1.67. The molecule has 0 unspecified atom stereocenters. The molecule has 0 aromatic rings. The second kappa shape index (κ2) is 2.44. The highest BCUT2D eigenvalue weighted by Crippen LogP contribution is 2.53. The standard InChI is InChI=1S/C8H15NO2/c1-10-7-6(9)8(7)2-4-11-5-3-8/h6-7H,2-5,9H2,1H3/t6-,7-/m0/s1. The van der Waals surface area contributed by atoms with Crippen LogP contribution < -0.4 is 5.73 Å². The summed E-state index contributed by atoms with van der Waals surface area (Å²) >= 11 is 0. The van der Waals surface area contributed by atoms with Gasteiger partial charge < -0.3 is 15.2 Å². The van der Waals surface area contributed by atoms with E-state index in [1.54, 1.807) is 7.11 Å². The molecule has 3 nitrogen and oxygen atoms in total. The molecule has 64 valence electrons. The minimum absolute atomic E-state index is 0.261. The monoisotopic (exact) mass is 157 g/mol. The van der Waals surface area contributed by atoms with Crippen molar-refractivity contribution in [2.45, 2.75) is 25.0 Å². The molecular formula is C8H15NO2. The lowest BCUT2D eigenvalue weighted by atomic mass is 9.96. The lowest BCUT2D eigenvalue weighted by Crippen LogP contribution is -2.23. The fourth-order valence-electron chi connectivity index (χ4n) is 2.23. The molecule has 2 N–H and O–H groups in total. The Hall–Kier alpha value is -0.120. The molecule has 3 heteroatoms. The molecule has 0 amide bonds. The first-order valence-corrected chi connectivity index (χ1v) is 4.17. The van der Waals surface area contributed by atoms with Crippen LogP contribution in [0.5, 0.6) is 0 Å². The van der Waals surface area contributed by atoms with Crippen molar-refractivity contribution in [3.63, 3.8) is 0 Å². The topological polar surface area (TPSA) is 44.5 Å². The summed E-state index contributed by atoms with van der Waals surface area (Å²) in [6, 6.07) is 0.261. The molecule has 0 radical (unpaired) electrons. The van der Waals surface area contributed by atoms with E-state index in [2.05, 4.69) is 0 Å². The van der Waals surface area contributed by atoms with E-state index in [1.807, 2.05) is 0 Å². The van der Waals surface area contributed by atoms with Crippen LogP contribution in [0.15, 0.2) is 0 Å². The number of nitrogens with two attached hydrogens (primary N) is 1. The quantitative estimate of drug-likeness (QED) is 0.589. The van der Waals surface area contributed by atoms with Crippen LogP contribution in [-0.4, -0.2) is 32.5 Å². The highest BCUT2D eigenvalue weighted by Gasteiger charge is 2.63. The van der Waals surface area contributed by atoms with Gasteiger partial charge in [0, 0.05) is 31.8 Å². The van der Waals surface area contributed by atoms with E-state index in [1.165, 1.54) is 0 Å². The zero-order valence-corrected chi connectivity index (χ0v) is 6.88. The van der Waals surface area contributed by atoms with E-state index in [4.69, 9.17) is 15.2 Å². The average Bonchev–Trinajstić information content (AvgIpc) is 2.57. The number of methoxy groups -OCH3 is 1. The molecule has 0 aromatic carbocycles. The van der Waals surface area contributed by atoms with E-state index >= 15 is 0 Å². The van der Waals surface area contributed by atoms with Gasteiger partial charge in [-0.3, -0.25) is 0 Å². The highest BCUT2D eigenvalue weighted by atomic mass is 16.5. The van der Waals surface area contributed by atoms with Crippen molar-refractivity contribution in [2.75, 3.05) is 20.3 Å². The molecule has 2 rings (SSSR count). The summed E-state index contributed by atoms with van der Waals surface area (Å²) in [7, 11) is 1.74. The Balaban J connectivity index is 2.01. The van der Waals surface area contributed by atoms with Crippen molar-refractivity contribution in [3.8, 4) is 0 Å². The molecule has 1 saturated carbocycles. The minimum Gasteiger partial charge on any atom is -0.381 e. The van der Waals surface area contributed by atoms with Crippen molar-refractivity contribution in [1.29, 1.82) is 0 Å². The van der Waals surface area contributed by atoms with Gasteiger partial charge in [-0.05, 0) is 12.8 Å². The van der Waals surface area contributed by atoms with Crippen LogP contribution in [0, 0.1) is 5.41 Å². The van der Waals surface area contributed by atoms with Gasteiger partial charge in [-0.1, -0.05) is 0 Å². The maximum absolute atomic E-state index is 5.91. The van der Waals surface area contributed by atoms with Gasteiger partial charge in [-0.25, -0.2) is 0 Å². The maximum atomic E-state index is 5.91. The van der Waals surface area contributed by atoms with E-state index < -0.39 is 0 Å². The van der Waals surface area contributed by atoms with Gasteiger partial charge >= 0.3 is 0 Å². The van der Waals surface area contributed by atoms with Crippen molar-refractivity contribution >= 4 is 0 Å². The van der Waals surface area contributed by atoms with Gasteiger partial charge in [0.1, 0.15) is 0 Å². The van der Waals surface area contributed by atoms with E-state index in [-0.39, 0.29) is 11.5 Å². The van der Waals surface area contributed by atoms with Crippen LogP contribution in [0.25, 0.3) is 0 Å². The van der Waals surface area contributed by atoms with E-state index in [0.717, 1.165) is 26.1 Å². The van der Waals surface area contributed by atoms with Gasteiger partial charge in [-0.15, -0.1) is 0 Å². The molecule has 1 spiro atoms. The molecule has 1 aliphatic heterocycles. The molecule has 0 bridgehead atoms. The second-order valence-corrected chi connectivity index (χ2v) is 3.53. The van der Waals surface area contributed by atoms with Crippen LogP contribution in [-0.2, 0) is 9.47 Å². The zero-order valence-electron chi connectivity index (χ0n) is 6.88. The molecule has 0 aromatic heterocycles. The smallest absolute Gasteiger partial charge is 0.0802 e. The fourth-order valence-corrected chi connectivity index (χ4v) is 2.23. The first kappa shape index (κ1) is 7.53. The lowest BCUT2D eigenvalue weighted by Gasteiger charge is -2.22. The highest BCUT2D eigenvalue weighted by molar-refractivity contribution is 5.16. The molecule has 2 fully saturated rings. The van der Waals surface area contributed by atoms with Crippen molar-refractivity contribution < 1.29 is 9.47 Å². The molecule has 11 heavy (non-hydrogen) atoms. The van der Waals surface area contributed by atoms with E-state index in [0.29, 0.717) is 6.10 Å². The zero-order chi connectivity index (χ0) is 7.90. The normalized spacial score (nSPS) is 40.9. The third-order valence-corrected chi connectivity index (χ3v) is 3.13. The van der Waals surface area contributed by atoms with Crippen LogP contribution in [0.3, 0.4) is 0 Å². The van der Waals surface area contributed by atoms with Crippen LogP contribution in [0.4, 0.5) is 0 Å². The predicted molar refractivity (Wildman–Crippen MR) is 41.3 cm³/mol. The first-order chi connectivity index (χ1) is 5.31. The molecule has 1 saturated heterocycles. The van der Waals surface area contributed by atoms with Crippen molar-refractivity contribution in [2.24, 2.45) is 11.1 Å². The van der Waals surface area contributed by atoms with E-state index in [9.17, 15) is 0 Å². The lowest BCUT2D eigenvalue weighted by molar-refractivity contribution is 0.0300. The predicted octanol–water partition coefficient (Wildman–Crippen LogP) is 0.139. The Morgan fingerprint density at radius 2 is 2.09 bits per heavy atom. The van der Waals surface area contributed by atoms with Gasteiger partial charge in [0.05, 0.1) is 6.10 Å². The third kappa shape index (κ3) is 0.916. The fraction of sp³-hybridized carbons (Fsp3) is 1.00. The Morgan fingerprint density at radius 3 is 2.55 bits per heavy atom. The van der Waals surface area contributed by atoms with Gasteiger partial charge in [0.2, 0.25) is 0 Å². The molecule has 2 aliphatic rings. The van der Waals surface area contributed by atoms with Crippen molar-refractivity contribution in [3.05, 3.63) is 0 Å². The minimum atomic E-state index is 0.261. The summed E-state index contributed by atoms with van der Waals surface area (Å²) in [5.41, 5.74) is 6.19. The number of rotatable bonds is 1.